The number of para-hydroxylation sites is 2. The van der Waals surface area contributed by atoms with E-state index in [1.807, 2.05) is 116 Å². The number of aromatic nitrogens is 4. The summed E-state index contributed by atoms with van der Waals surface area (Å²) in [6, 6.07) is 37.2. The fourth-order valence-corrected chi connectivity index (χ4v) is 7.78. The third-order valence-corrected chi connectivity index (χ3v) is 10.7. The van der Waals surface area contributed by atoms with Crippen LogP contribution in [0.5, 0.6) is 0 Å². The molecular formula is C55H69FN6. The van der Waals surface area contributed by atoms with E-state index in [4.69, 9.17) is 9.97 Å². The van der Waals surface area contributed by atoms with Gasteiger partial charge in [0.05, 0.1) is 28.8 Å². The van der Waals surface area contributed by atoms with E-state index in [2.05, 4.69) is 105 Å². The summed E-state index contributed by atoms with van der Waals surface area (Å²) in [7, 11) is 0. The molecule has 0 aliphatic carbocycles. The van der Waals surface area contributed by atoms with Gasteiger partial charge in [0, 0.05) is 33.7 Å². The molecular weight excluding hydrogens is 764 g/mol. The van der Waals surface area contributed by atoms with Crippen LogP contribution in [0.15, 0.2) is 122 Å². The summed E-state index contributed by atoms with van der Waals surface area (Å²) in [4.78, 5) is 16.1. The van der Waals surface area contributed by atoms with E-state index in [1.165, 1.54) is 63.2 Å². The van der Waals surface area contributed by atoms with Gasteiger partial charge in [0.25, 0.3) is 0 Å². The molecule has 6 nitrogen and oxygen atoms in total. The maximum Gasteiger partial charge on any atom is 0.161 e. The van der Waals surface area contributed by atoms with Crippen LogP contribution in [-0.4, -0.2) is 25.5 Å². The summed E-state index contributed by atoms with van der Waals surface area (Å²) in [5, 5.41) is 4.52. The highest BCUT2D eigenvalue weighted by Crippen LogP contribution is 2.44. The van der Waals surface area contributed by atoms with Crippen LogP contribution >= 0.6 is 0 Å². The Bertz CT molecular complexity index is 2640. The first-order chi connectivity index (χ1) is 30.1. The molecule has 0 amide bonds. The average Bonchev–Trinajstić information content (AvgIpc) is 3.85. The van der Waals surface area contributed by atoms with Gasteiger partial charge in [0.15, 0.2) is 5.82 Å². The first kappa shape index (κ1) is 48.6. The minimum absolute atomic E-state index is 0.462. The first-order valence-corrected chi connectivity index (χ1v) is 22.7. The van der Waals surface area contributed by atoms with E-state index in [0.717, 1.165) is 44.7 Å². The number of unbranched alkanes of at least 4 members (excludes halogenated alkanes) is 2. The number of anilines is 3. The van der Waals surface area contributed by atoms with E-state index in [0.29, 0.717) is 11.5 Å². The van der Waals surface area contributed by atoms with Crippen LogP contribution in [0.4, 0.5) is 21.7 Å². The van der Waals surface area contributed by atoms with E-state index < -0.39 is 6.17 Å². The Morgan fingerprint density at radius 3 is 1.79 bits per heavy atom. The molecule has 0 saturated carbocycles. The molecule has 326 valence electrons. The largest absolute Gasteiger partial charge is 0.300 e. The molecule has 62 heavy (non-hydrogen) atoms. The van der Waals surface area contributed by atoms with E-state index in [9.17, 15) is 4.48 Å². The number of benzene rings is 5. The lowest BCUT2D eigenvalue weighted by atomic mass is 9.99. The fourth-order valence-electron chi connectivity index (χ4n) is 7.78. The van der Waals surface area contributed by atoms with Crippen molar-refractivity contribution in [3.05, 3.63) is 149 Å². The SMILES string of the molecule is CC.CC.CC.CCCCC.Cc1ccc2c(c1)c1ccccc1c1ncc(-c3c(C)cccc3C)n21.Cc1ccccc1-c1ncc(C)c(N2c3ccccc3N(F)C2C)n1. The van der Waals surface area contributed by atoms with Gasteiger partial charge < -0.3 is 4.90 Å². The molecule has 8 aromatic rings. The molecule has 3 aromatic heterocycles. The number of fused-ring (bicyclic) bond motifs is 7. The Labute approximate surface area is 371 Å². The topological polar surface area (TPSA) is 49.6 Å². The van der Waals surface area contributed by atoms with E-state index in [-0.39, 0.29) is 0 Å². The Morgan fingerprint density at radius 2 is 1.16 bits per heavy atom. The van der Waals surface area contributed by atoms with Crippen molar-refractivity contribution in [3.8, 4) is 22.6 Å². The third-order valence-electron chi connectivity index (χ3n) is 10.7. The average molecular weight is 833 g/mol. The summed E-state index contributed by atoms with van der Waals surface area (Å²) >= 11 is 0. The first-order valence-electron chi connectivity index (χ1n) is 22.7. The van der Waals surface area contributed by atoms with Crippen LogP contribution in [0.1, 0.15) is 109 Å². The highest BCUT2D eigenvalue weighted by molar-refractivity contribution is 6.12. The second kappa shape index (κ2) is 23.2. The molecule has 0 spiro atoms. The fraction of sp³-hybridized carbons (Fsp3) is 0.327. The Hall–Kier alpha value is -6.08. The van der Waals surface area contributed by atoms with Crippen molar-refractivity contribution in [1.29, 1.82) is 0 Å². The van der Waals surface area contributed by atoms with Crippen LogP contribution in [0.3, 0.4) is 0 Å². The lowest BCUT2D eigenvalue weighted by Crippen LogP contribution is -2.34. The normalized spacial score (nSPS) is 12.4. The summed E-state index contributed by atoms with van der Waals surface area (Å²) in [6.45, 7) is 28.7. The lowest BCUT2D eigenvalue weighted by molar-refractivity contribution is 0.396. The predicted octanol–water partition coefficient (Wildman–Crippen LogP) is 16.5. The summed E-state index contributed by atoms with van der Waals surface area (Å²) in [6.07, 6.45) is 7.44. The molecule has 0 radical (unpaired) electrons. The van der Waals surface area contributed by atoms with Crippen molar-refractivity contribution in [2.75, 3.05) is 10.0 Å². The van der Waals surface area contributed by atoms with Crippen LogP contribution in [0.25, 0.3) is 50.0 Å². The number of pyridine rings is 1. The monoisotopic (exact) mass is 833 g/mol. The van der Waals surface area contributed by atoms with Gasteiger partial charge in [-0.15, -0.1) is 0 Å². The minimum atomic E-state index is -0.462. The van der Waals surface area contributed by atoms with Gasteiger partial charge in [0.1, 0.15) is 17.6 Å². The molecule has 4 heterocycles. The quantitative estimate of drug-likeness (QED) is 0.128. The lowest BCUT2D eigenvalue weighted by Gasteiger charge is -2.25. The molecule has 9 rings (SSSR count). The van der Waals surface area contributed by atoms with E-state index >= 15 is 0 Å². The maximum absolute atomic E-state index is 14.6. The molecule has 7 heteroatoms. The molecule has 0 bridgehead atoms. The van der Waals surface area contributed by atoms with Crippen molar-refractivity contribution in [3.63, 3.8) is 0 Å². The van der Waals surface area contributed by atoms with Gasteiger partial charge >= 0.3 is 0 Å². The van der Waals surface area contributed by atoms with Crippen LogP contribution in [0.2, 0.25) is 0 Å². The molecule has 0 N–H and O–H groups in total. The van der Waals surface area contributed by atoms with Gasteiger partial charge in [-0.1, -0.05) is 170 Å². The highest BCUT2D eigenvalue weighted by Gasteiger charge is 2.36. The zero-order valence-corrected chi connectivity index (χ0v) is 39.8. The van der Waals surface area contributed by atoms with Gasteiger partial charge in [0.2, 0.25) is 0 Å². The number of imidazole rings is 1. The number of hydrogen-bond donors (Lipinski definition) is 0. The molecule has 1 unspecified atom stereocenters. The summed E-state index contributed by atoms with van der Waals surface area (Å²) in [5.41, 5.74) is 12.9. The van der Waals surface area contributed by atoms with Gasteiger partial charge in [-0.3, -0.25) is 4.40 Å². The van der Waals surface area contributed by atoms with Gasteiger partial charge in [-0.2, -0.15) is 5.12 Å². The maximum atomic E-state index is 14.6. The number of aryl methyl sites for hydroxylation is 5. The Kier molecular flexibility index (Phi) is 18.2. The van der Waals surface area contributed by atoms with Crippen LogP contribution in [0, 0.1) is 34.6 Å². The number of hydrogen-bond acceptors (Lipinski definition) is 5. The predicted molar refractivity (Wildman–Crippen MR) is 268 cm³/mol. The number of rotatable bonds is 5. The molecule has 5 aromatic carbocycles. The zero-order valence-electron chi connectivity index (χ0n) is 39.8. The highest BCUT2D eigenvalue weighted by atomic mass is 19.2. The van der Waals surface area contributed by atoms with E-state index in [1.54, 1.807) is 12.3 Å². The Balaban J connectivity index is 0.000000222. The van der Waals surface area contributed by atoms with Crippen LogP contribution in [-0.2, 0) is 0 Å². The summed E-state index contributed by atoms with van der Waals surface area (Å²) in [5.74, 6) is 1.38. The third kappa shape index (κ3) is 10.2. The zero-order chi connectivity index (χ0) is 45.5. The van der Waals surface area contributed by atoms with Gasteiger partial charge in [-0.05, 0) is 87.9 Å². The summed E-state index contributed by atoms with van der Waals surface area (Å²) < 4.78 is 16.9. The smallest absolute Gasteiger partial charge is 0.161 e. The second-order valence-electron chi connectivity index (χ2n) is 14.8. The molecule has 0 saturated heterocycles. The van der Waals surface area contributed by atoms with Crippen molar-refractivity contribution >= 4 is 44.5 Å². The standard InChI is InChI=1S/C24H20N2.C20H19FN4.C5H12.3C2H6/c1-15-11-12-21-20(13-15)18-9-4-5-10-19(18)24-25-14-22(26(21)24)23-16(2)7-6-8-17(23)3;1-13-8-4-5-9-16(13)19-22-12-14(2)20(23-19)24-15(3)25(21)18-11-7-6-10-17(18)24;1-3-5-4-2;3*1-2/h4-14H,1-3H3;4-12,15H,1-3H3;3-5H2,1-2H3;3*1-2H3. The van der Waals surface area contributed by atoms with Crippen molar-refractivity contribution in [2.45, 2.75) is 122 Å². The molecule has 1 aliphatic heterocycles. The molecule has 1 atom stereocenters. The number of halogens is 1. The van der Waals surface area contributed by atoms with Crippen LogP contribution < -0.4 is 10.0 Å². The van der Waals surface area contributed by atoms with Gasteiger partial charge in [-0.25, -0.2) is 15.0 Å². The number of nitrogens with zero attached hydrogens (tertiary/aromatic N) is 6. The molecule has 0 fully saturated rings. The van der Waals surface area contributed by atoms with Crippen molar-refractivity contribution in [2.24, 2.45) is 0 Å². The molecule has 1 aliphatic rings. The Morgan fingerprint density at radius 1 is 0.581 bits per heavy atom. The van der Waals surface area contributed by atoms with Crippen molar-refractivity contribution in [1.82, 2.24) is 19.4 Å². The minimum Gasteiger partial charge on any atom is -0.300 e. The second-order valence-corrected chi connectivity index (χ2v) is 14.8. The van der Waals surface area contributed by atoms with Crippen molar-refractivity contribution < 1.29 is 4.48 Å².